The molecule has 0 atom stereocenters. The molecule has 0 amide bonds. The highest BCUT2D eigenvalue weighted by molar-refractivity contribution is 7.89. The summed E-state index contributed by atoms with van der Waals surface area (Å²) in [7, 11) is -1.67. The topological polar surface area (TPSA) is 78.4 Å². The van der Waals surface area contributed by atoms with Crippen LogP contribution >= 0.6 is 0 Å². The van der Waals surface area contributed by atoms with Crippen molar-refractivity contribution in [1.82, 2.24) is 10.0 Å². The Morgan fingerprint density at radius 3 is 2.40 bits per heavy atom. The maximum atomic E-state index is 11.1. The highest BCUT2D eigenvalue weighted by Crippen LogP contribution is 2.17. The van der Waals surface area contributed by atoms with Crippen LogP contribution in [0.5, 0.6) is 0 Å². The van der Waals surface area contributed by atoms with Crippen molar-refractivity contribution in [1.29, 1.82) is 0 Å². The lowest BCUT2D eigenvalue weighted by Gasteiger charge is -2.26. The minimum Gasteiger partial charge on any atom is -0.393 e. The highest BCUT2D eigenvalue weighted by atomic mass is 32.2. The van der Waals surface area contributed by atoms with Crippen LogP contribution in [0, 0.1) is 0 Å². The Kier molecular flexibility index (Phi) is 4.98. The third-order valence-electron chi connectivity index (χ3n) is 2.81. The Bertz CT molecular complexity index is 271. The first kappa shape index (κ1) is 12.9. The zero-order chi connectivity index (χ0) is 11.3. The van der Waals surface area contributed by atoms with Gasteiger partial charge in [-0.1, -0.05) is 0 Å². The number of rotatable bonds is 5. The van der Waals surface area contributed by atoms with E-state index in [1.165, 1.54) is 7.05 Å². The van der Waals surface area contributed by atoms with Crippen LogP contribution in [0.25, 0.3) is 0 Å². The molecule has 15 heavy (non-hydrogen) atoms. The first-order valence-corrected chi connectivity index (χ1v) is 7.01. The molecule has 1 saturated carbocycles. The van der Waals surface area contributed by atoms with Crippen LogP contribution in [0.3, 0.4) is 0 Å². The third-order valence-corrected chi connectivity index (χ3v) is 4.18. The van der Waals surface area contributed by atoms with E-state index in [9.17, 15) is 13.5 Å². The zero-order valence-corrected chi connectivity index (χ0v) is 9.89. The summed E-state index contributed by atoms with van der Waals surface area (Å²) in [6.07, 6.45) is 3.33. The quantitative estimate of drug-likeness (QED) is 0.597. The maximum Gasteiger partial charge on any atom is 0.212 e. The van der Waals surface area contributed by atoms with Gasteiger partial charge in [-0.15, -0.1) is 0 Å². The normalized spacial score (nSPS) is 27.9. The van der Waals surface area contributed by atoms with Crippen LogP contribution < -0.4 is 10.0 Å². The average molecular weight is 236 g/mol. The van der Waals surface area contributed by atoms with Gasteiger partial charge in [0.05, 0.1) is 11.9 Å². The second-order valence-electron chi connectivity index (χ2n) is 3.98. The maximum absolute atomic E-state index is 11.1. The van der Waals surface area contributed by atoms with Crippen molar-refractivity contribution >= 4 is 10.0 Å². The van der Waals surface area contributed by atoms with Gasteiger partial charge in [0.15, 0.2) is 0 Å². The van der Waals surface area contributed by atoms with Crippen LogP contribution in [0.15, 0.2) is 0 Å². The van der Waals surface area contributed by atoms with Crippen molar-refractivity contribution < 1.29 is 13.5 Å². The van der Waals surface area contributed by atoms with Gasteiger partial charge in [0.1, 0.15) is 0 Å². The van der Waals surface area contributed by atoms with Gasteiger partial charge < -0.3 is 10.4 Å². The Morgan fingerprint density at radius 1 is 1.27 bits per heavy atom. The van der Waals surface area contributed by atoms with E-state index in [0.717, 1.165) is 25.7 Å². The van der Waals surface area contributed by atoms with Gasteiger partial charge in [-0.3, -0.25) is 0 Å². The molecule has 5 nitrogen and oxygen atoms in total. The van der Waals surface area contributed by atoms with Crippen LogP contribution in [0.1, 0.15) is 25.7 Å². The average Bonchev–Trinajstić information content (AvgIpc) is 2.21. The number of sulfonamides is 1. The SMILES string of the molecule is CNS(=O)(=O)CCNC1CCC(O)CC1. The third kappa shape index (κ3) is 4.92. The van der Waals surface area contributed by atoms with Crippen LogP contribution in [-0.2, 0) is 10.0 Å². The van der Waals surface area contributed by atoms with Gasteiger partial charge in [0.2, 0.25) is 10.0 Å². The molecule has 0 aromatic carbocycles. The molecule has 1 aliphatic carbocycles. The van der Waals surface area contributed by atoms with Crippen molar-refractivity contribution in [2.24, 2.45) is 0 Å². The lowest BCUT2D eigenvalue weighted by Crippen LogP contribution is -2.38. The predicted octanol–water partition coefficient (Wildman–Crippen LogP) is -0.571. The minimum atomic E-state index is -3.09. The van der Waals surface area contributed by atoms with Gasteiger partial charge >= 0.3 is 0 Å². The molecule has 0 aromatic rings. The predicted molar refractivity (Wildman–Crippen MR) is 59.1 cm³/mol. The van der Waals surface area contributed by atoms with Crippen molar-refractivity contribution in [2.45, 2.75) is 37.8 Å². The number of hydrogen-bond acceptors (Lipinski definition) is 4. The molecule has 6 heteroatoms. The fraction of sp³-hybridized carbons (Fsp3) is 1.00. The molecule has 0 heterocycles. The highest BCUT2D eigenvalue weighted by Gasteiger charge is 2.19. The molecular formula is C9H20N2O3S. The molecule has 90 valence electrons. The van der Waals surface area contributed by atoms with Crippen LogP contribution in [0.4, 0.5) is 0 Å². The first-order valence-electron chi connectivity index (χ1n) is 5.36. The second kappa shape index (κ2) is 5.79. The van der Waals surface area contributed by atoms with Gasteiger partial charge in [0.25, 0.3) is 0 Å². The molecule has 0 radical (unpaired) electrons. The Balaban J connectivity index is 2.16. The van der Waals surface area contributed by atoms with E-state index in [1.54, 1.807) is 0 Å². The fourth-order valence-electron chi connectivity index (χ4n) is 1.78. The van der Waals surface area contributed by atoms with E-state index in [1.807, 2.05) is 0 Å². The molecule has 0 bridgehead atoms. The number of hydrogen-bond donors (Lipinski definition) is 3. The van der Waals surface area contributed by atoms with E-state index in [4.69, 9.17) is 0 Å². The molecule has 0 aliphatic heterocycles. The Hall–Kier alpha value is -0.170. The summed E-state index contributed by atoms with van der Waals surface area (Å²) in [6, 6.07) is 0.362. The van der Waals surface area contributed by atoms with Gasteiger partial charge in [-0.25, -0.2) is 13.1 Å². The van der Waals surface area contributed by atoms with Crippen molar-refractivity contribution in [2.75, 3.05) is 19.3 Å². The molecule has 0 unspecified atom stereocenters. The molecule has 1 fully saturated rings. The second-order valence-corrected chi connectivity index (χ2v) is 6.03. The molecule has 1 aliphatic rings. The molecule has 3 N–H and O–H groups in total. The summed E-state index contributed by atoms with van der Waals surface area (Å²) < 4.78 is 24.5. The Labute approximate surface area is 91.3 Å². The van der Waals surface area contributed by atoms with E-state index in [-0.39, 0.29) is 11.9 Å². The summed E-state index contributed by atoms with van der Waals surface area (Å²) in [4.78, 5) is 0. The molecule has 0 aromatic heterocycles. The summed E-state index contributed by atoms with van der Waals surface area (Å²) >= 11 is 0. The number of nitrogens with one attached hydrogen (secondary N) is 2. The van der Waals surface area contributed by atoms with E-state index in [2.05, 4.69) is 10.0 Å². The van der Waals surface area contributed by atoms with E-state index >= 15 is 0 Å². The fourth-order valence-corrected chi connectivity index (χ4v) is 2.37. The number of aliphatic hydroxyl groups excluding tert-OH is 1. The largest absolute Gasteiger partial charge is 0.393 e. The first-order chi connectivity index (χ1) is 7.03. The standard InChI is InChI=1S/C9H20N2O3S/c1-10-15(13,14)7-6-11-8-2-4-9(12)5-3-8/h8-12H,2-7H2,1H3. The van der Waals surface area contributed by atoms with Gasteiger partial charge in [0, 0.05) is 12.6 Å². The van der Waals surface area contributed by atoms with Crippen molar-refractivity contribution in [3.63, 3.8) is 0 Å². The summed E-state index contributed by atoms with van der Waals surface area (Å²) in [6.45, 7) is 0.476. The molecule has 0 saturated heterocycles. The van der Waals surface area contributed by atoms with E-state index in [0.29, 0.717) is 12.6 Å². The summed E-state index contributed by atoms with van der Waals surface area (Å²) in [5, 5.41) is 12.5. The molecule has 1 rings (SSSR count). The lowest BCUT2D eigenvalue weighted by atomic mass is 9.93. The summed E-state index contributed by atoms with van der Waals surface area (Å²) in [5.41, 5.74) is 0. The Morgan fingerprint density at radius 2 is 1.87 bits per heavy atom. The van der Waals surface area contributed by atoms with Crippen molar-refractivity contribution in [3.05, 3.63) is 0 Å². The summed E-state index contributed by atoms with van der Waals surface area (Å²) in [5.74, 6) is 0.114. The van der Waals surface area contributed by atoms with E-state index < -0.39 is 10.0 Å². The smallest absolute Gasteiger partial charge is 0.212 e. The van der Waals surface area contributed by atoms with Gasteiger partial charge in [-0.05, 0) is 32.7 Å². The molecule has 0 spiro atoms. The number of aliphatic hydroxyl groups is 1. The van der Waals surface area contributed by atoms with Crippen LogP contribution in [-0.4, -0.2) is 45.0 Å². The van der Waals surface area contributed by atoms with Crippen molar-refractivity contribution in [3.8, 4) is 0 Å². The zero-order valence-electron chi connectivity index (χ0n) is 9.07. The van der Waals surface area contributed by atoms with Gasteiger partial charge in [-0.2, -0.15) is 0 Å². The molecular weight excluding hydrogens is 216 g/mol. The van der Waals surface area contributed by atoms with Crippen LogP contribution in [0.2, 0.25) is 0 Å². The minimum absolute atomic E-state index is 0.114. The monoisotopic (exact) mass is 236 g/mol. The lowest BCUT2D eigenvalue weighted by molar-refractivity contribution is 0.117.